The predicted molar refractivity (Wildman–Crippen MR) is 105 cm³/mol. The molecule has 0 spiro atoms. The Labute approximate surface area is 164 Å². The van der Waals surface area contributed by atoms with Crippen molar-refractivity contribution in [2.24, 2.45) is 0 Å². The molecule has 0 unspecified atom stereocenters. The lowest BCUT2D eigenvalue weighted by Gasteiger charge is -2.17. The smallest absolute Gasteiger partial charge is 0.326 e. The van der Waals surface area contributed by atoms with Crippen LogP contribution >= 0.6 is 11.6 Å². The molecule has 6 nitrogen and oxygen atoms in total. The van der Waals surface area contributed by atoms with E-state index in [2.05, 4.69) is 17.2 Å². The Morgan fingerprint density at radius 2 is 2.00 bits per heavy atom. The molecule has 0 aliphatic heterocycles. The standard InChI is InChI=1S/C20H26ClN3O3/c1-3-7-18-22-12-15(11-17(20(26)27)23-19(25)8-4-2)24(18)13-14-9-5-6-10-16(14)21/h5-6,9-10,12,17H,3-4,7-8,11,13H2,1-2H3,(H,23,25)(H,26,27)/t17-/m0/s1. The highest BCUT2D eigenvalue weighted by molar-refractivity contribution is 6.31. The average Bonchev–Trinajstić information content (AvgIpc) is 2.98. The third-order valence-corrected chi connectivity index (χ3v) is 4.67. The molecule has 0 aliphatic carbocycles. The number of rotatable bonds is 10. The maximum absolute atomic E-state index is 11.9. The van der Waals surface area contributed by atoms with Crippen molar-refractivity contribution in [1.82, 2.24) is 14.9 Å². The fourth-order valence-electron chi connectivity index (χ4n) is 2.93. The van der Waals surface area contributed by atoms with Crippen LogP contribution in [0.2, 0.25) is 5.02 Å². The van der Waals surface area contributed by atoms with E-state index in [0.717, 1.165) is 29.9 Å². The number of benzene rings is 1. The summed E-state index contributed by atoms with van der Waals surface area (Å²) in [6.45, 7) is 4.46. The Bertz CT molecular complexity index is 789. The maximum atomic E-state index is 11.9. The summed E-state index contributed by atoms with van der Waals surface area (Å²) in [5.41, 5.74) is 1.71. The van der Waals surface area contributed by atoms with E-state index >= 15 is 0 Å². The number of carboxylic acids is 1. The second kappa shape index (κ2) is 10.1. The van der Waals surface area contributed by atoms with Crippen molar-refractivity contribution in [3.05, 3.63) is 52.6 Å². The highest BCUT2D eigenvalue weighted by atomic mass is 35.5. The number of aromatic nitrogens is 2. The summed E-state index contributed by atoms with van der Waals surface area (Å²) in [5, 5.41) is 12.8. The summed E-state index contributed by atoms with van der Waals surface area (Å²) in [5.74, 6) is -0.422. The van der Waals surface area contributed by atoms with Crippen molar-refractivity contribution >= 4 is 23.5 Å². The summed E-state index contributed by atoms with van der Waals surface area (Å²) < 4.78 is 2.01. The van der Waals surface area contributed by atoms with Gasteiger partial charge in [0.05, 0.1) is 6.54 Å². The zero-order chi connectivity index (χ0) is 19.8. The van der Waals surface area contributed by atoms with Gasteiger partial charge in [0.2, 0.25) is 5.91 Å². The van der Waals surface area contributed by atoms with Crippen molar-refractivity contribution in [1.29, 1.82) is 0 Å². The zero-order valence-corrected chi connectivity index (χ0v) is 16.5. The third-order valence-electron chi connectivity index (χ3n) is 4.30. The SMILES string of the molecule is CCCC(=O)N[C@@H](Cc1cnc(CCC)n1Cc1ccccc1Cl)C(=O)O. The Morgan fingerprint density at radius 1 is 1.26 bits per heavy atom. The van der Waals surface area contributed by atoms with E-state index in [1.165, 1.54) is 0 Å². The average molecular weight is 392 g/mol. The Morgan fingerprint density at radius 3 is 2.63 bits per heavy atom. The van der Waals surface area contributed by atoms with Crippen LogP contribution in [0.4, 0.5) is 0 Å². The molecule has 0 saturated heterocycles. The van der Waals surface area contributed by atoms with E-state index in [4.69, 9.17) is 11.6 Å². The lowest BCUT2D eigenvalue weighted by atomic mass is 10.1. The summed E-state index contributed by atoms with van der Waals surface area (Å²) in [6, 6.07) is 6.58. The number of nitrogens with one attached hydrogen (secondary N) is 1. The quantitative estimate of drug-likeness (QED) is 0.649. The number of carboxylic acid groups (broad SMARTS) is 1. The van der Waals surface area contributed by atoms with E-state index in [0.29, 0.717) is 24.4 Å². The minimum atomic E-state index is -1.05. The molecular weight excluding hydrogens is 366 g/mol. The van der Waals surface area contributed by atoms with Gasteiger partial charge in [-0.25, -0.2) is 9.78 Å². The van der Waals surface area contributed by atoms with Gasteiger partial charge >= 0.3 is 5.97 Å². The maximum Gasteiger partial charge on any atom is 0.326 e. The molecule has 1 aromatic heterocycles. The summed E-state index contributed by atoms with van der Waals surface area (Å²) >= 11 is 6.30. The molecule has 2 rings (SSSR count). The van der Waals surface area contributed by atoms with Crippen LogP contribution in [0.25, 0.3) is 0 Å². The van der Waals surface area contributed by atoms with E-state index < -0.39 is 12.0 Å². The molecule has 2 aromatic rings. The van der Waals surface area contributed by atoms with Crippen LogP contribution in [-0.4, -0.2) is 32.6 Å². The van der Waals surface area contributed by atoms with Gasteiger partial charge in [0, 0.05) is 36.2 Å². The van der Waals surface area contributed by atoms with Gasteiger partial charge in [0.1, 0.15) is 11.9 Å². The first kappa shape index (κ1) is 21.0. The monoisotopic (exact) mass is 391 g/mol. The molecule has 0 aliphatic rings. The number of carbonyl (C=O) groups excluding carboxylic acids is 1. The van der Waals surface area contributed by atoms with Crippen molar-refractivity contribution in [3.63, 3.8) is 0 Å². The normalized spacial score (nSPS) is 12.0. The molecule has 146 valence electrons. The fourth-order valence-corrected chi connectivity index (χ4v) is 3.13. The number of aliphatic carboxylic acids is 1. The van der Waals surface area contributed by atoms with Gasteiger partial charge in [-0.05, 0) is 24.5 Å². The van der Waals surface area contributed by atoms with Crippen LogP contribution in [-0.2, 0) is 29.0 Å². The number of nitrogens with zero attached hydrogens (tertiary/aromatic N) is 2. The van der Waals surface area contributed by atoms with Gasteiger partial charge in [0.25, 0.3) is 0 Å². The molecule has 27 heavy (non-hydrogen) atoms. The fraction of sp³-hybridized carbons (Fsp3) is 0.450. The zero-order valence-electron chi connectivity index (χ0n) is 15.7. The minimum Gasteiger partial charge on any atom is -0.480 e. The second-order valence-electron chi connectivity index (χ2n) is 6.51. The molecule has 0 fully saturated rings. The molecule has 1 aromatic carbocycles. The van der Waals surface area contributed by atoms with Crippen LogP contribution in [0, 0.1) is 0 Å². The number of hydrogen-bond acceptors (Lipinski definition) is 3. The Balaban J connectivity index is 2.28. The van der Waals surface area contributed by atoms with Gasteiger partial charge < -0.3 is 15.0 Å². The van der Waals surface area contributed by atoms with Gasteiger partial charge in [0.15, 0.2) is 0 Å². The van der Waals surface area contributed by atoms with Crippen molar-refractivity contribution in [3.8, 4) is 0 Å². The van der Waals surface area contributed by atoms with Crippen LogP contribution < -0.4 is 5.32 Å². The molecule has 7 heteroatoms. The van der Waals surface area contributed by atoms with Crippen LogP contribution in [0.5, 0.6) is 0 Å². The molecular formula is C20H26ClN3O3. The summed E-state index contributed by atoms with van der Waals surface area (Å²) in [6.07, 6.45) is 4.56. The number of aryl methyl sites for hydroxylation is 1. The summed E-state index contributed by atoms with van der Waals surface area (Å²) in [7, 11) is 0. The first-order valence-corrected chi connectivity index (χ1v) is 9.62. The lowest BCUT2D eigenvalue weighted by Crippen LogP contribution is -2.42. The molecule has 1 amide bonds. The molecule has 1 heterocycles. The minimum absolute atomic E-state index is 0.173. The molecule has 2 N–H and O–H groups in total. The Hall–Kier alpha value is -2.34. The van der Waals surface area contributed by atoms with Crippen molar-refractivity contribution < 1.29 is 14.7 Å². The Kier molecular flexibility index (Phi) is 7.85. The molecule has 1 atom stereocenters. The van der Waals surface area contributed by atoms with Crippen LogP contribution in [0.15, 0.2) is 30.5 Å². The highest BCUT2D eigenvalue weighted by Gasteiger charge is 2.23. The van der Waals surface area contributed by atoms with Crippen LogP contribution in [0.1, 0.15) is 50.2 Å². The van der Waals surface area contributed by atoms with Gasteiger partial charge in [-0.2, -0.15) is 0 Å². The largest absolute Gasteiger partial charge is 0.480 e. The lowest BCUT2D eigenvalue weighted by molar-refractivity contribution is -0.141. The van der Waals surface area contributed by atoms with Crippen molar-refractivity contribution in [2.45, 2.75) is 58.5 Å². The molecule has 0 bridgehead atoms. The highest BCUT2D eigenvalue weighted by Crippen LogP contribution is 2.19. The first-order chi connectivity index (χ1) is 13.0. The molecule has 0 saturated carbocycles. The number of amides is 1. The van der Waals surface area contributed by atoms with E-state index in [-0.39, 0.29) is 12.3 Å². The van der Waals surface area contributed by atoms with Crippen molar-refractivity contribution in [2.75, 3.05) is 0 Å². The van der Waals surface area contributed by atoms with Gasteiger partial charge in [-0.3, -0.25) is 4.79 Å². The van der Waals surface area contributed by atoms with E-state index in [1.54, 1.807) is 6.20 Å². The summed E-state index contributed by atoms with van der Waals surface area (Å²) in [4.78, 5) is 28.0. The van der Waals surface area contributed by atoms with E-state index in [9.17, 15) is 14.7 Å². The predicted octanol–water partition coefficient (Wildman–Crippen LogP) is 3.45. The number of carbonyl (C=O) groups is 2. The number of hydrogen-bond donors (Lipinski definition) is 2. The van der Waals surface area contributed by atoms with Gasteiger partial charge in [-0.1, -0.05) is 43.6 Å². The van der Waals surface area contributed by atoms with E-state index in [1.807, 2.05) is 35.8 Å². The first-order valence-electron chi connectivity index (χ1n) is 9.25. The molecule has 0 radical (unpaired) electrons. The third kappa shape index (κ3) is 5.82. The van der Waals surface area contributed by atoms with Crippen LogP contribution in [0.3, 0.4) is 0 Å². The number of imidazole rings is 1. The van der Waals surface area contributed by atoms with Gasteiger partial charge in [-0.15, -0.1) is 0 Å². The second-order valence-corrected chi connectivity index (χ2v) is 6.91. The topological polar surface area (TPSA) is 84.2 Å². The number of halogens is 1.